The number of ether oxygens (including phenoxy) is 1. The van der Waals surface area contributed by atoms with Gasteiger partial charge in [0.05, 0.1) is 6.61 Å². The molecule has 1 aromatic carbocycles. The number of hydrogen-bond acceptors (Lipinski definition) is 1. The van der Waals surface area contributed by atoms with Crippen molar-refractivity contribution in [3.63, 3.8) is 0 Å². The Morgan fingerprint density at radius 1 is 1.31 bits per heavy atom. The van der Waals surface area contributed by atoms with Crippen LogP contribution in [0, 0.1) is 0 Å². The predicted octanol–water partition coefficient (Wildman–Crippen LogP) is 3.34. The number of rotatable bonds is 5. The van der Waals surface area contributed by atoms with Crippen molar-refractivity contribution in [2.24, 2.45) is 0 Å². The largest absolute Gasteiger partial charge is 0.493 e. The molecule has 0 unspecified atom stereocenters. The Bertz CT molecular complexity index is 248. The van der Waals surface area contributed by atoms with Gasteiger partial charge in [-0.25, -0.2) is 4.39 Å². The molecule has 0 saturated heterocycles. The highest BCUT2D eigenvalue weighted by Crippen LogP contribution is 2.18. The number of unbranched alkanes of at least 4 members (excludes halogenated alkanes) is 1. The fraction of sp³-hybridized carbons (Fsp3) is 0.455. The van der Waals surface area contributed by atoms with Crippen molar-refractivity contribution in [1.29, 1.82) is 0 Å². The molecule has 1 aromatic rings. The first-order chi connectivity index (χ1) is 6.38. The molecule has 13 heavy (non-hydrogen) atoms. The van der Waals surface area contributed by atoms with E-state index in [4.69, 9.17) is 4.74 Å². The summed E-state index contributed by atoms with van der Waals surface area (Å²) < 4.78 is 17.8. The first kappa shape index (κ1) is 10.0. The molecule has 0 spiro atoms. The molecular formula is C11H15FO. The van der Waals surface area contributed by atoms with E-state index < -0.39 is 6.67 Å². The lowest BCUT2D eigenvalue weighted by Crippen LogP contribution is -1.98. The molecule has 0 heterocycles. The summed E-state index contributed by atoms with van der Waals surface area (Å²) in [5, 5.41) is 0. The fourth-order valence-corrected chi connectivity index (χ4v) is 1.08. The van der Waals surface area contributed by atoms with Gasteiger partial charge in [0.25, 0.3) is 0 Å². The van der Waals surface area contributed by atoms with Crippen molar-refractivity contribution < 1.29 is 9.13 Å². The Balaban J connectivity index is 2.54. The zero-order valence-electron chi connectivity index (χ0n) is 7.92. The summed E-state index contributed by atoms with van der Waals surface area (Å²) in [5.74, 6) is 0.679. The van der Waals surface area contributed by atoms with Crippen LogP contribution in [0.4, 0.5) is 4.39 Å². The van der Waals surface area contributed by atoms with Crippen LogP contribution in [0.5, 0.6) is 5.75 Å². The molecule has 1 rings (SSSR count). The van der Waals surface area contributed by atoms with E-state index in [1.54, 1.807) is 6.07 Å². The average molecular weight is 182 g/mol. The van der Waals surface area contributed by atoms with Gasteiger partial charge in [-0.1, -0.05) is 31.5 Å². The smallest absolute Gasteiger partial charge is 0.125 e. The maximum Gasteiger partial charge on any atom is 0.125 e. The van der Waals surface area contributed by atoms with Crippen molar-refractivity contribution in [2.75, 3.05) is 6.61 Å². The molecule has 0 N–H and O–H groups in total. The number of alkyl halides is 1. The molecule has 0 aliphatic rings. The van der Waals surface area contributed by atoms with Gasteiger partial charge in [-0.2, -0.15) is 0 Å². The van der Waals surface area contributed by atoms with Crippen LogP contribution >= 0.6 is 0 Å². The van der Waals surface area contributed by atoms with Gasteiger partial charge < -0.3 is 4.74 Å². The summed E-state index contributed by atoms with van der Waals surface area (Å²) in [6, 6.07) is 7.24. The SMILES string of the molecule is CCCCOc1ccccc1CF. The summed E-state index contributed by atoms with van der Waals surface area (Å²) in [7, 11) is 0. The zero-order valence-corrected chi connectivity index (χ0v) is 7.92. The van der Waals surface area contributed by atoms with Crippen molar-refractivity contribution in [2.45, 2.75) is 26.4 Å². The highest BCUT2D eigenvalue weighted by Gasteiger charge is 2.00. The van der Waals surface area contributed by atoms with E-state index in [2.05, 4.69) is 6.92 Å². The van der Waals surface area contributed by atoms with Gasteiger partial charge in [-0.05, 0) is 12.5 Å². The number of halogens is 1. The molecule has 0 bridgehead atoms. The fourth-order valence-electron chi connectivity index (χ4n) is 1.08. The standard InChI is InChI=1S/C11H15FO/c1-2-3-8-13-11-7-5-4-6-10(11)9-12/h4-7H,2-3,8-9H2,1H3. The minimum Gasteiger partial charge on any atom is -0.493 e. The molecule has 72 valence electrons. The molecule has 0 aliphatic heterocycles. The molecule has 0 radical (unpaired) electrons. The van der Waals surface area contributed by atoms with E-state index in [1.807, 2.05) is 18.2 Å². The van der Waals surface area contributed by atoms with Crippen LogP contribution in [-0.4, -0.2) is 6.61 Å². The van der Waals surface area contributed by atoms with Crippen LogP contribution in [0.3, 0.4) is 0 Å². The van der Waals surface area contributed by atoms with Gasteiger partial charge >= 0.3 is 0 Å². The van der Waals surface area contributed by atoms with Crippen LogP contribution in [0.15, 0.2) is 24.3 Å². The second-order valence-corrected chi connectivity index (χ2v) is 2.94. The highest BCUT2D eigenvalue weighted by atomic mass is 19.1. The van der Waals surface area contributed by atoms with Gasteiger partial charge in [-0.3, -0.25) is 0 Å². The molecular weight excluding hydrogens is 167 g/mol. The van der Waals surface area contributed by atoms with Gasteiger partial charge in [0.2, 0.25) is 0 Å². The molecule has 0 saturated carbocycles. The minimum atomic E-state index is -0.456. The van der Waals surface area contributed by atoms with E-state index in [-0.39, 0.29) is 0 Å². The molecule has 0 amide bonds. The lowest BCUT2D eigenvalue weighted by molar-refractivity contribution is 0.301. The summed E-state index contributed by atoms with van der Waals surface area (Å²) in [5.41, 5.74) is 0.638. The van der Waals surface area contributed by atoms with E-state index in [0.29, 0.717) is 17.9 Å². The molecule has 0 fully saturated rings. The maximum absolute atomic E-state index is 12.4. The number of hydrogen-bond donors (Lipinski definition) is 0. The molecule has 0 atom stereocenters. The van der Waals surface area contributed by atoms with Crippen molar-refractivity contribution >= 4 is 0 Å². The molecule has 0 aromatic heterocycles. The minimum absolute atomic E-state index is 0.456. The molecule has 1 nitrogen and oxygen atoms in total. The van der Waals surface area contributed by atoms with Crippen molar-refractivity contribution in [3.8, 4) is 5.75 Å². The first-order valence-electron chi connectivity index (χ1n) is 4.65. The Hall–Kier alpha value is -1.05. The Morgan fingerprint density at radius 2 is 2.08 bits per heavy atom. The van der Waals surface area contributed by atoms with E-state index in [0.717, 1.165) is 12.8 Å². The third kappa shape index (κ3) is 3.05. The average Bonchev–Trinajstić information content (AvgIpc) is 2.19. The lowest BCUT2D eigenvalue weighted by Gasteiger charge is -2.08. The monoisotopic (exact) mass is 182 g/mol. The normalized spacial score (nSPS) is 10.0. The van der Waals surface area contributed by atoms with Crippen molar-refractivity contribution in [3.05, 3.63) is 29.8 Å². The third-order valence-corrected chi connectivity index (χ3v) is 1.87. The summed E-state index contributed by atoms with van der Waals surface area (Å²) >= 11 is 0. The molecule has 2 heteroatoms. The number of para-hydroxylation sites is 1. The van der Waals surface area contributed by atoms with Gasteiger partial charge in [0, 0.05) is 5.56 Å². The van der Waals surface area contributed by atoms with E-state index in [9.17, 15) is 4.39 Å². The van der Waals surface area contributed by atoms with Crippen LogP contribution in [0.25, 0.3) is 0 Å². The van der Waals surface area contributed by atoms with Crippen LogP contribution < -0.4 is 4.74 Å². The topological polar surface area (TPSA) is 9.23 Å². The highest BCUT2D eigenvalue weighted by molar-refractivity contribution is 5.32. The third-order valence-electron chi connectivity index (χ3n) is 1.87. The summed E-state index contributed by atoms with van der Waals surface area (Å²) in [6.45, 7) is 2.32. The van der Waals surface area contributed by atoms with Gasteiger partial charge in [-0.15, -0.1) is 0 Å². The number of benzene rings is 1. The van der Waals surface area contributed by atoms with Crippen molar-refractivity contribution in [1.82, 2.24) is 0 Å². The molecule has 0 aliphatic carbocycles. The Labute approximate surface area is 78.5 Å². The Morgan fingerprint density at radius 3 is 2.77 bits per heavy atom. The van der Waals surface area contributed by atoms with Gasteiger partial charge in [0.15, 0.2) is 0 Å². The summed E-state index contributed by atoms with van der Waals surface area (Å²) in [6.07, 6.45) is 2.11. The predicted molar refractivity (Wildman–Crippen MR) is 51.7 cm³/mol. The first-order valence-corrected chi connectivity index (χ1v) is 4.65. The van der Waals surface area contributed by atoms with E-state index in [1.165, 1.54) is 0 Å². The second kappa shape index (κ2) is 5.57. The quantitative estimate of drug-likeness (QED) is 0.634. The van der Waals surface area contributed by atoms with Crippen LogP contribution in [0.2, 0.25) is 0 Å². The second-order valence-electron chi connectivity index (χ2n) is 2.94. The maximum atomic E-state index is 12.4. The van der Waals surface area contributed by atoms with Gasteiger partial charge in [0.1, 0.15) is 12.4 Å². The zero-order chi connectivity index (χ0) is 9.52. The summed E-state index contributed by atoms with van der Waals surface area (Å²) in [4.78, 5) is 0. The van der Waals surface area contributed by atoms with E-state index >= 15 is 0 Å². The van der Waals surface area contributed by atoms with Crippen LogP contribution in [-0.2, 0) is 6.67 Å². The van der Waals surface area contributed by atoms with Crippen LogP contribution in [0.1, 0.15) is 25.3 Å². The Kier molecular flexibility index (Phi) is 4.30. The lowest BCUT2D eigenvalue weighted by atomic mass is 10.2.